The van der Waals surface area contributed by atoms with Gasteiger partial charge in [-0.15, -0.1) is 0 Å². The number of hydrogen-bond acceptors (Lipinski definition) is 2. The van der Waals surface area contributed by atoms with E-state index < -0.39 is 5.60 Å². The molecule has 2 rings (SSSR count). The Balaban J connectivity index is 1.93. The van der Waals surface area contributed by atoms with E-state index >= 15 is 0 Å². The van der Waals surface area contributed by atoms with Crippen molar-refractivity contribution in [3.8, 4) is 0 Å². The molecular formula is C20H26FN3O. The fourth-order valence-corrected chi connectivity index (χ4v) is 2.48. The summed E-state index contributed by atoms with van der Waals surface area (Å²) >= 11 is 0. The van der Waals surface area contributed by atoms with Crippen LogP contribution in [-0.4, -0.2) is 30.7 Å². The summed E-state index contributed by atoms with van der Waals surface area (Å²) in [4.78, 5) is 4.48. The summed E-state index contributed by atoms with van der Waals surface area (Å²) in [5.41, 5.74) is 0.723. The first kappa shape index (κ1) is 18.9. The van der Waals surface area contributed by atoms with Gasteiger partial charge in [0.15, 0.2) is 5.96 Å². The van der Waals surface area contributed by atoms with Crippen LogP contribution in [0.2, 0.25) is 0 Å². The zero-order chi connectivity index (χ0) is 18.1. The highest BCUT2D eigenvalue weighted by molar-refractivity contribution is 5.79. The second-order valence-corrected chi connectivity index (χ2v) is 6.14. The van der Waals surface area contributed by atoms with Gasteiger partial charge in [-0.05, 0) is 43.5 Å². The van der Waals surface area contributed by atoms with Crippen LogP contribution in [0.4, 0.5) is 4.39 Å². The first-order valence-corrected chi connectivity index (χ1v) is 8.56. The van der Waals surface area contributed by atoms with Crippen molar-refractivity contribution in [3.63, 3.8) is 0 Å². The van der Waals surface area contributed by atoms with Crippen molar-refractivity contribution in [2.75, 3.05) is 19.6 Å². The lowest BCUT2D eigenvalue weighted by atomic mass is 9.96. The molecule has 0 aliphatic carbocycles. The van der Waals surface area contributed by atoms with Gasteiger partial charge in [-0.1, -0.05) is 42.5 Å². The van der Waals surface area contributed by atoms with Gasteiger partial charge < -0.3 is 15.7 Å². The molecule has 25 heavy (non-hydrogen) atoms. The lowest BCUT2D eigenvalue weighted by molar-refractivity contribution is 0.0672. The molecule has 2 aromatic rings. The van der Waals surface area contributed by atoms with Gasteiger partial charge >= 0.3 is 0 Å². The topological polar surface area (TPSA) is 56.7 Å². The summed E-state index contributed by atoms with van der Waals surface area (Å²) in [6, 6.07) is 16.1. The van der Waals surface area contributed by atoms with Crippen molar-refractivity contribution in [2.45, 2.75) is 25.9 Å². The van der Waals surface area contributed by atoms with Crippen molar-refractivity contribution in [1.29, 1.82) is 0 Å². The molecule has 0 amide bonds. The highest BCUT2D eigenvalue weighted by atomic mass is 19.1. The van der Waals surface area contributed by atoms with Crippen LogP contribution in [0, 0.1) is 5.82 Å². The zero-order valence-corrected chi connectivity index (χ0v) is 14.8. The number of aliphatic imine (C=N–C) groups is 1. The van der Waals surface area contributed by atoms with E-state index in [1.807, 2.05) is 43.3 Å². The Bertz CT molecular complexity index is 686. The Morgan fingerprint density at radius 2 is 1.88 bits per heavy atom. The van der Waals surface area contributed by atoms with Crippen LogP contribution in [-0.2, 0) is 12.0 Å². The van der Waals surface area contributed by atoms with Gasteiger partial charge in [-0.25, -0.2) is 9.38 Å². The summed E-state index contributed by atoms with van der Waals surface area (Å²) in [7, 11) is 0. The number of hydrogen-bond donors (Lipinski definition) is 3. The third kappa shape index (κ3) is 6.19. The van der Waals surface area contributed by atoms with Gasteiger partial charge in [0.1, 0.15) is 11.4 Å². The lowest BCUT2D eigenvalue weighted by Gasteiger charge is -2.22. The van der Waals surface area contributed by atoms with Gasteiger partial charge in [-0.3, -0.25) is 0 Å². The van der Waals surface area contributed by atoms with Crippen LogP contribution in [0.25, 0.3) is 0 Å². The van der Waals surface area contributed by atoms with E-state index in [-0.39, 0.29) is 12.4 Å². The van der Waals surface area contributed by atoms with E-state index in [2.05, 4.69) is 15.6 Å². The molecule has 5 heteroatoms. The second kappa shape index (κ2) is 9.18. The van der Waals surface area contributed by atoms with Crippen LogP contribution >= 0.6 is 0 Å². The molecule has 0 spiro atoms. The molecule has 0 saturated heterocycles. The van der Waals surface area contributed by atoms with Crippen molar-refractivity contribution >= 4 is 5.96 Å². The summed E-state index contributed by atoms with van der Waals surface area (Å²) < 4.78 is 13.2. The number of guanidine groups is 1. The maximum Gasteiger partial charge on any atom is 0.191 e. The fourth-order valence-electron chi connectivity index (χ4n) is 2.48. The maximum atomic E-state index is 13.2. The summed E-state index contributed by atoms with van der Waals surface area (Å²) in [5, 5.41) is 17.0. The summed E-state index contributed by atoms with van der Waals surface area (Å²) in [6.45, 7) is 5.33. The van der Waals surface area contributed by atoms with Crippen LogP contribution in [0.15, 0.2) is 59.6 Å². The predicted molar refractivity (Wildman–Crippen MR) is 100 cm³/mol. The van der Waals surface area contributed by atoms with E-state index in [0.29, 0.717) is 18.9 Å². The Morgan fingerprint density at radius 1 is 1.12 bits per heavy atom. The molecule has 0 fully saturated rings. The molecule has 0 radical (unpaired) electrons. The number of halogens is 1. The van der Waals surface area contributed by atoms with E-state index in [1.54, 1.807) is 13.0 Å². The first-order valence-electron chi connectivity index (χ1n) is 8.56. The number of benzene rings is 2. The number of nitrogens with one attached hydrogen (secondary N) is 2. The Morgan fingerprint density at radius 3 is 2.56 bits per heavy atom. The van der Waals surface area contributed by atoms with Crippen LogP contribution < -0.4 is 10.6 Å². The number of rotatable bonds is 7. The molecular weight excluding hydrogens is 317 g/mol. The minimum Gasteiger partial charge on any atom is -0.384 e. The van der Waals surface area contributed by atoms with Crippen molar-refractivity contribution in [2.24, 2.45) is 4.99 Å². The molecule has 4 nitrogen and oxygen atoms in total. The molecule has 0 saturated carbocycles. The number of nitrogens with zero attached hydrogens (tertiary/aromatic N) is 1. The zero-order valence-electron chi connectivity index (χ0n) is 14.8. The molecule has 134 valence electrons. The quantitative estimate of drug-likeness (QED) is 0.535. The maximum absolute atomic E-state index is 13.2. The minimum atomic E-state index is -1.04. The Kier molecular flexibility index (Phi) is 6.95. The average molecular weight is 343 g/mol. The van der Waals surface area contributed by atoms with E-state index in [4.69, 9.17) is 0 Å². The van der Waals surface area contributed by atoms with Crippen LogP contribution in [0.1, 0.15) is 25.0 Å². The molecule has 0 heterocycles. The minimum absolute atomic E-state index is 0.225. The van der Waals surface area contributed by atoms with Gasteiger partial charge in [0, 0.05) is 13.1 Å². The van der Waals surface area contributed by atoms with E-state index in [0.717, 1.165) is 17.7 Å². The van der Waals surface area contributed by atoms with Crippen molar-refractivity contribution < 1.29 is 9.50 Å². The molecule has 3 N–H and O–H groups in total. The number of aliphatic hydroxyl groups is 1. The van der Waals surface area contributed by atoms with Gasteiger partial charge in [0.25, 0.3) is 0 Å². The van der Waals surface area contributed by atoms with Gasteiger partial charge in [-0.2, -0.15) is 0 Å². The summed E-state index contributed by atoms with van der Waals surface area (Å²) in [6.07, 6.45) is 0.692. The van der Waals surface area contributed by atoms with E-state index in [1.165, 1.54) is 12.1 Å². The monoisotopic (exact) mass is 343 g/mol. The molecule has 2 aromatic carbocycles. The molecule has 1 atom stereocenters. The summed E-state index contributed by atoms with van der Waals surface area (Å²) in [5.74, 6) is 0.409. The average Bonchev–Trinajstić information content (AvgIpc) is 2.60. The third-order valence-corrected chi connectivity index (χ3v) is 3.88. The van der Waals surface area contributed by atoms with Crippen molar-refractivity contribution in [3.05, 3.63) is 71.5 Å². The smallest absolute Gasteiger partial charge is 0.191 e. The standard InChI is InChI=1S/C20H26FN3O/c1-3-22-19(23-13-12-16-8-7-11-18(21)14-16)24-15-20(2,25)17-9-5-4-6-10-17/h4-11,14,25H,3,12-13,15H2,1-2H3,(H2,22,23,24). The van der Waals surface area contributed by atoms with Gasteiger partial charge in [0.05, 0.1) is 6.54 Å². The largest absolute Gasteiger partial charge is 0.384 e. The molecule has 0 aromatic heterocycles. The molecule has 0 aliphatic rings. The van der Waals surface area contributed by atoms with Crippen LogP contribution in [0.3, 0.4) is 0 Å². The predicted octanol–water partition coefficient (Wildman–Crippen LogP) is 2.83. The fraction of sp³-hybridized carbons (Fsp3) is 0.350. The normalized spacial score (nSPS) is 14.0. The highest BCUT2D eigenvalue weighted by Gasteiger charge is 2.22. The lowest BCUT2D eigenvalue weighted by Crippen LogP contribution is -2.39. The highest BCUT2D eigenvalue weighted by Crippen LogP contribution is 2.20. The van der Waals surface area contributed by atoms with Crippen LogP contribution in [0.5, 0.6) is 0 Å². The SMILES string of the molecule is CCNC(=NCC(C)(O)c1ccccc1)NCCc1cccc(F)c1. The third-order valence-electron chi connectivity index (χ3n) is 3.88. The Labute approximate surface area is 148 Å². The van der Waals surface area contributed by atoms with E-state index in [9.17, 15) is 9.50 Å². The second-order valence-electron chi connectivity index (χ2n) is 6.14. The Hall–Kier alpha value is -2.40. The molecule has 1 unspecified atom stereocenters. The molecule has 0 bridgehead atoms. The van der Waals surface area contributed by atoms with Gasteiger partial charge in [0.2, 0.25) is 0 Å². The van der Waals surface area contributed by atoms with Crippen molar-refractivity contribution in [1.82, 2.24) is 10.6 Å². The molecule has 0 aliphatic heterocycles. The first-order chi connectivity index (χ1) is 12.0.